The molecule has 0 radical (unpaired) electrons. The van der Waals surface area contributed by atoms with E-state index in [1.807, 2.05) is 71.4 Å². The predicted molar refractivity (Wildman–Crippen MR) is 115 cm³/mol. The molecule has 7 heteroatoms. The van der Waals surface area contributed by atoms with Gasteiger partial charge in [-0.2, -0.15) is 0 Å². The Bertz CT molecular complexity index is 1170. The molecule has 4 aromatic rings. The maximum atomic E-state index is 10.6. The van der Waals surface area contributed by atoms with Crippen molar-refractivity contribution in [1.82, 2.24) is 14.5 Å². The highest BCUT2D eigenvalue weighted by Gasteiger charge is 2.42. The summed E-state index contributed by atoms with van der Waals surface area (Å²) in [4.78, 5) is 10.2. The fraction of sp³-hybridized carbons (Fsp3) is 0.217. The van der Waals surface area contributed by atoms with Gasteiger partial charge in [0.2, 0.25) is 0 Å². The molecule has 1 aliphatic rings. The van der Waals surface area contributed by atoms with E-state index in [0.717, 1.165) is 26.4 Å². The van der Waals surface area contributed by atoms with Gasteiger partial charge < -0.3 is 19.5 Å². The molecule has 6 nitrogen and oxygen atoms in total. The highest BCUT2D eigenvalue weighted by molar-refractivity contribution is 7.99. The van der Waals surface area contributed by atoms with Gasteiger partial charge in [0.05, 0.1) is 11.5 Å². The van der Waals surface area contributed by atoms with Gasteiger partial charge in [-0.3, -0.25) is 0 Å². The molecule has 30 heavy (non-hydrogen) atoms. The average Bonchev–Trinajstić information content (AvgIpc) is 3.29. The van der Waals surface area contributed by atoms with Gasteiger partial charge in [-0.1, -0.05) is 60.3 Å². The Hall–Kier alpha value is -2.71. The number of aliphatic hydroxyl groups excluding tert-OH is 2. The zero-order chi connectivity index (χ0) is 20.7. The van der Waals surface area contributed by atoms with Gasteiger partial charge in [0, 0.05) is 16.7 Å². The third kappa shape index (κ3) is 3.30. The van der Waals surface area contributed by atoms with Crippen LogP contribution in [0.15, 0.2) is 83.1 Å². The van der Waals surface area contributed by atoms with Gasteiger partial charge in [0.15, 0.2) is 6.23 Å². The fourth-order valence-corrected chi connectivity index (χ4v) is 4.74. The molecule has 0 bridgehead atoms. The lowest BCUT2D eigenvalue weighted by molar-refractivity contribution is -0.0296. The molecule has 3 heterocycles. The van der Waals surface area contributed by atoms with E-state index in [9.17, 15) is 10.2 Å². The molecule has 0 amide bonds. The Morgan fingerprint density at radius 2 is 1.63 bits per heavy atom. The van der Waals surface area contributed by atoms with Crippen LogP contribution in [0.5, 0.6) is 0 Å². The van der Waals surface area contributed by atoms with Crippen LogP contribution in [-0.4, -0.2) is 43.1 Å². The van der Waals surface area contributed by atoms with Crippen LogP contribution < -0.4 is 0 Å². The first-order valence-electron chi connectivity index (χ1n) is 9.79. The first kappa shape index (κ1) is 19.3. The lowest BCUT2D eigenvalue weighted by Gasteiger charge is -2.17. The number of rotatable bonds is 4. The first-order chi connectivity index (χ1) is 14.6. The maximum Gasteiger partial charge on any atom is 0.164 e. The summed E-state index contributed by atoms with van der Waals surface area (Å²) < 4.78 is 7.69. The largest absolute Gasteiger partial charge is 0.388 e. The Morgan fingerprint density at radius 1 is 0.933 bits per heavy atom. The third-order valence-corrected chi connectivity index (χ3v) is 6.38. The summed E-state index contributed by atoms with van der Waals surface area (Å²) in [5.41, 5.74) is 2.63. The topological polar surface area (TPSA) is 80.4 Å². The number of nitrogens with zero attached hydrogens (tertiary/aromatic N) is 3. The van der Waals surface area contributed by atoms with Crippen molar-refractivity contribution in [2.24, 2.45) is 0 Å². The quantitative estimate of drug-likeness (QED) is 0.489. The van der Waals surface area contributed by atoms with Crippen LogP contribution in [-0.2, 0) is 4.74 Å². The van der Waals surface area contributed by atoms with Crippen molar-refractivity contribution in [3.63, 3.8) is 0 Å². The average molecular weight is 420 g/mol. The van der Waals surface area contributed by atoms with Crippen LogP contribution in [0.4, 0.5) is 0 Å². The zero-order valence-corrected chi connectivity index (χ0v) is 17.1. The van der Waals surface area contributed by atoms with Gasteiger partial charge in [0.25, 0.3) is 0 Å². The second kappa shape index (κ2) is 7.85. The summed E-state index contributed by atoms with van der Waals surface area (Å²) >= 11 is 1.57. The molecule has 5 rings (SSSR count). The van der Waals surface area contributed by atoms with E-state index in [2.05, 4.69) is 9.97 Å². The minimum Gasteiger partial charge on any atom is -0.388 e. The molecular formula is C23H21N3O3S. The Kier molecular flexibility index (Phi) is 5.04. The molecule has 0 saturated carbocycles. The Balaban J connectivity index is 1.70. The second-order valence-corrected chi connectivity index (χ2v) is 8.38. The summed E-state index contributed by atoms with van der Waals surface area (Å²) in [6.45, 7) is 1.75. The number of hydrogen-bond donors (Lipinski definition) is 2. The minimum atomic E-state index is -1.04. The molecule has 4 atom stereocenters. The van der Waals surface area contributed by atoms with Crippen molar-refractivity contribution in [3.05, 3.63) is 73.2 Å². The van der Waals surface area contributed by atoms with E-state index in [0.29, 0.717) is 5.65 Å². The van der Waals surface area contributed by atoms with Crippen LogP contribution in [0.25, 0.3) is 22.2 Å². The fourth-order valence-electron chi connectivity index (χ4n) is 3.82. The smallest absolute Gasteiger partial charge is 0.164 e. The van der Waals surface area contributed by atoms with Crippen LogP contribution in [0.2, 0.25) is 0 Å². The summed E-state index contributed by atoms with van der Waals surface area (Å²) in [7, 11) is 0. The van der Waals surface area contributed by atoms with Gasteiger partial charge in [-0.15, -0.1) is 0 Å². The lowest BCUT2D eigenvalue weighted by Crippen LogP contribution is -2.30. The molecule has 1 aliphatic heterocycles. The molecule has 2 aromatic carbocycles. The standard InChI is InChI=1S/C23H21N3O3S/c1-14-19(27)20(28)23(29-14)26-12-17(15-8-4-2-5-9-15)18-21(26)24-13-25-22(18)30-16-10-6-3-7-11-16/h2-14,19-20,23,27-28H,1H3/t14-,19-,20-,23-/m1/s1. The second-order valence-electron chi connectivity index (χ2n) is 7.32. The van der Waals surface area contributed by atoms with Crippen LogP contribution >= 0.6 is 11.8 Å². The number of aromatic nitrogens is 3. The van der Waals surface area contributed by atoms with Gasteiger partial charge in [0.1, 0.15) is 29.2 Å². The summed E-state index contributed by atoms with van der Waals surface area (Å²) in [5, 5.41) is 22.5. The third-order valence-electron chi connectivity index (χ3n) is 5.37. The van der Waals surface area contributed by atoms with E-state index in [1.54, 1.807) is 18.7 Å². The van der Waals surface area contributed by atoms with E-state index in [-0.39, 0.29) is 0 Å². The predicted octanol–water partition coefficient (Wildman–Crippen LogP) is 3.89. The SMILES string of the molecule is C[C@H]1O[C@@H](n2cc(-c3ccccc3)c3c(Sc4ccccc4)ncnc32)[C@H](O)[C@@H]1O. The monoisotopic (exact) mass is 419 g/mol. The first-order valence-corrected chi connectivity index (χ1v) is 10.6. The molecule has 2 N–H and O–H groups in total. The van der Waals surface area contributed by atoms with Gasteiger partial charge in [-0.05, 0) is 24.6 Å². The number of aliphatic hydroxyl groups is 2. The van der Waals surface area contributed by atoms with Crippen LogP contribution in [0.1, 0.15) is 13.2 Å². The van der Waals surface area contributed by atoms with Gasteiger partial charge >= 0.3 is 0 Å². The maximum absolute atomic E-state index is 10.6. The van der Waals surface area contributed by atoms with Crippen molar-refractivity contribution in [2.45, 2.75) is 41.4 Å². The van der Waals surface area contributed by atoms with Crippen molar-refractivity contribution >= 4 is 22.8 Å². The Labute approximate surface area is 178 Å². The van der Waals surface area contributed by atoms with Gasteiger partial charge in [-0.25, -0.2) is 9.97 Å². The number of ether oxygens (including phenoxy) is 1. The normalized spacial score (nSPS) is 23.8. The summed E-state index contributed by atoms with van der Waals surface area (Å²) in [6.07, 6.45) is 0.275. The Morgan fingerprint density at radius 3 is 2.30 bits per heavy atom. The molecule has 0 unspecified atom stereocenters. The zero-order valence-electron chi connectivity index (χ0n) is 16.3. The van der Waals surface area contributed by atoms with E-state index in [4.69, 9.17) is 4.74 Å². The van der Waals surface area contributed by atoms with Crippen LogP contribution in [0.3, 0.4) is 0 Å². The van der Waals surface area contributed by atoms with Crippen molar-refractivity contribution < 1.29 is 14.9 Å². The van der Waals surface area contributed by atoms with E-state index >= 15 is 0 Å². The molecule has 2 aromatic heterocycles. The van der Waals surface area contributed by atoms with Crippen LogP contribution in [0, 0.1) is 0 Å². The summed E-state index contributed by atoms with van der Waals surface area (Å²) in [6, 6.07) is 20.1. The van der Waals surface area contributed by atoms with Crippen molar-refractivity contribution in [2.75, 3.05) is 0 Å². The molecule has 0 spiro atoms. The number of benzene rings is 2. The summed E-state index contributed by atoms with van der Waals surface area (Å²) in [5.74, 6) is 0. The van der Waals surface area contributed by atoms with Crippen molar-refractivity contribution in [1.29, 1.82) is 0 Å². The molecule has 1 saturated heterocycles. The molecule has 0 aliphatic carbocycles. The number of fused-ring (bicyclic) bond motifs is 1. The van der Waals surface area contributed by atoms with E-state index in [1.165, 1.54) is 6.33 Å². The van der Waals surface area contributed by atoms with E-state index < -0.39 is 24.5 Å². The lowest BCUT2D eigenvalue weighted by atomic mass is 10.1. The highest BCUT2D eigenvalue weighted by atomic mass is 32.2. The molecule has 1 fully saturated rings. The number of hydrogen-bond acceptors (Lipinski definition) is 6. The minimum absolute atomic E-state index is 0.470. The van der Waals surface area contributed by atoms with Crippen molar-refractivity contribution in [3.8, 4) is 11.1 Å². The molecule has 152 valence electrons. The molecular weight excluding hydrogens is 398 g/mol. The highest BCUT2D eigenvalue weighted by Crippen LogP contribution is 2.41.